The maximum absolute atomic E-state index is 9.53. The Balaban J connectivity index is 1.92. The molecule has 0 aliphatic carbocycles. The van der Waals surface area contributed by atoms with Gasteiger partial charge in [-0.05, 0) is 24.6 Å². The number of benzene rings is 1. The van der Waals surface area contributed by atoms with Gasteiger partial charge < -0.3 is 14.2 Å². The van der Waals surface area contributed by atoms with E-state index in [2.05, 4.69) is 6.07 Å². The molecule has 2 aliphatic rings. The van der Waals surface area contributed by atoms with Crippen molar-refractivity contribution in [2.24, 2.45) is 5.41 Å². The van der Waals surface area contributed by atoms with Gasteiger partial charge in [-0.25, -0.2) is 0 Å². The Morgan fingerprint density at radius 3 is 2.16 bits per heavy atom. The molecule has 0 N–H and O–H groups in total. The summed E-state index contributed by atoms with van der Waals surface area (Å²) in [5, 5.41) is 9.53. The lowest BCUT2D eigenvalue weighted by atomic mass is 9.58. The number of nitrogens with zero attached hydrogens (tertiary/aromatic N) is 1. The van der Waals surface area contributed by atoms with Gasteiger partial charge in [-0.15, -0.1) is 0 Å². The van der Waals surface area contributed by atoms with Crippen molar-refractivity contribution in [3.63, 3.8) is 0 Å². The summed E-state index contributed by atoms with van der Waals surface area (Å²) in [6.07, 6.45) is 0. The first-order valence-electron chi connectivity index (χ1n) is 6.56. The third-order valence-corrected chi connectivity index (χ3v) is 4.24. The van der Waals surface area contributed by atoms with Gasteiger partial charge in [0.15, 0.2) is 0 Å². The van der Waals surface area contributed by atoms with E-state index < -0.39 is 5.41 Å². The lowest BCUT2D eigenvalue weighted by Gasteiger charge is -2.55. The molecule has 1 aromatic rings. The van der Waals surface area contributed by atoms with Crippen LogP contribution in [-0.2, 0) is 14.9 Å². The summed E-state index contributed by atoms with van der Waals surface area (Å²) < 4.78 is 16.2. The third kappa shape index (κ3) is 1.66. The van der Waals surface area contributed by atoms with Crippen molar-refractivity contribution in [1.29, 1.82) is 5.26 Å². The van der Waals surface area contributed by atoms with Crippen molar-refractivity contribution in [2.45, 2.75) is 12.3 Å². The van der Waals surface area contributed by atoms with Gasteiger partial charge in [-0.3, -0.25) is 0 Å². The number of nitriles is 1. The monoisotopic (exact) mass is 259 g/mol. The maximum atomic E-state index is 9.53. The first-order valence-corrected chi connectivity index (χ1v) is 6.56. The zero-order chi connectivity index (χ0) is 13.3. The van der Waals surface area contributed by atoms with E-state index in [0.717, 1.165) is 11.3 Å². The van der Waals surface area contributed by atoms with Crippen LogP contribution >= 0.6 is 0 Å². The van der Waals surface area contributed by atoms with Crippen LogP contribution in [0.4, 0.5) is 0 Å². The Hall–Kier alpha value is -1.57. The van der Waals surface area contributed by atoms with E-state index in [9.17, 15) is 5.26 Å². The highest BCUT2D eigenvalue weighted by Crippen LogP contribution is 2.51. The predicted molar refractivity (Wildman–Crippen MR) is 69.0 cm³/mol. The van der Waals surface area contributed by atoms with Crippen LogP contribution in [0.5, 0.6) is 5.75 Å². The van der Waals surface area contributed by atoms with Crippen molar-refractivity contribution < 1.29 is 14.2 Å². The fourth-order valence-corrected chi connectivity index (χ4v) is 2.82. The van der Waals surface area contributed by atoms with Gasteiger partial charge >= 0.3 is 0 Å². The highest BCUT2D eigenvalue weighted by molar-refractivity contribution is 5.39. The number of rotatable bonds is 4. The molecular weight excluding hydrogens is 242 g/mol. The highest BCUT2D eigenvalue weighted by Gasteiger charge is 2.61. The molecule has 0 bridgehead atoms. The Morgan fingerprint density at radius 1 is 1.16 bits per heavy atom. The second-order valence-corrected chi connectivity index (χ2v) is 5.22. The molecule has 3 rings (SSSR count). The maximum Gasteiger partial charge on any atom is 0.119 e. The standard InChI is InChI=1S/C15H17NO3/c1-2-19-13-5-3-12(4-6-13)15(10-18-11-15)14(7-16)8-17-9-14/h3-6H,2,8-11H2,1H3. The molecule has 1 aromatic carbocycles. The van der Waals surface area contributed by atoms with Crippen LogP contribution in [0.1, 0.15) is 12.5 Å². The highest BCUT2D eigenvalue weighted by atomic mass is 16.5. The predicted octanol–water partition coefficient (Wildman–Crippen LogP) is 1.89. The van der Waals surface area contributed by atoms with E-state index in [1.54, 1.807) is 0 Å². The Bertz CT molecular complexity index is 495. The summed E-state index contributed by atoms with van der Waals surface area (Å²) in [5.41, 5.74) is 0.496. The van der Waals surface area contributed by atoms with Crippen LogP contribution in [0, 0.1) is 16.7 Å². The van der Waals surface area contributed by atoms with Gasteiger partial charge in [-0.2, -0.15) is 5.26 Å². The summed E-state index contributed by atoms with van der Waals surface area (Å²) >= 11 is 0. The fourth-order valence-electron chi connectivity index (χ4n) is 2.82. The molecule has 0 amide bonds. The van der Waals surface area contributed by atoms with E-state index in [1.165, 1.54) is 0 Å². The average molecular weight is 259 g/mol. The van der Waals surface area contributed by atoms with E-state index >= 15 is 0 Å². The summed E-state index contributed by atoms with van der Waals surface area (Å²) in [5.74, 6) is 0.859. The van der Waals surface area contributed by atoms with Gasteiger partial charge in [0, 0.05) is 0 Å². The van der Waals surface area contributed by atoms with Crippen LogP contribution in [-0.4, -0.2) is 33.0 Å². The lowest BCUT2D eigenvalue weighted by molar-refractivity contribution is -0.201. The van der Waals surface area contributed by atoms with Crippen molar-refractivity contribution in [3.05, 3.63) is 29.8 Å². The van der Waals surface area contributed by atoms with Crippen LogP contribution in [0.3, 0.4) is 0 Å². The summed E-state index contributed by atoms with van der Waals surface area (Å²) in [6, 6.07) is 10.5. The van der Waals surface area contributed by atoms with Crippen LogP contribution in [0.2, 0.25) is 0 Å². The quantitative estimate of drug-likeness (QED) is 0.828. The first-order chi connectivity index (χ1) is 9.26. The zero-order valence-electron chi connectivity index (χ0n) is 11.0. The van der Waals surface area contributed by atoms with Gasteiger partial charge in [0.2, 0.25) is 0 Å². The Kier molecular flexibility index (Phi) is 2.96. The smallest absolute Gasteiger partial charge is 0.119 e. The topological polar surface area (TPSA) is 51.5 Å². The molecule has 2 aliphatic heterocycles. The minimum atomic E-state index is -0.432. The minimum Gasteiger partial charge on any atom is -0.494 e. The van der Waals surface area contributed by atoms with Crippen molar-refractivity contribution in [1.82, 2.24) is 0 Å². The summed E-state index contributed by atoms with van der Waals surface area (Å²) in [4.78, 5) is 0. The molecule has 0 radical (unpaired) electrons. The van der Waals surface area contributed by atoms with Crippen molar-refractivity contribution in [3.8, 4) is 11.8 Å². The normalized spacial score (nSPS) is 22.7. The van der Waals surface area contributed by atoms with Gasteiger partial charge in [-0.1, -0.05) is 12.1 Å². The second-order valence-electron chi connectivity index (χ2n) is 5.22. The van der Waals surface area contributed by atoms with Crippen LogP contribution in [0.25, 0.3) is 0 Å². The molecule has 100 valence electrons. The number of hydrogen-bond acceptors (Lipinski definition) is 4. The minimum absolute atomic E-state index is 0.218. The lowest BCUT2D eigenvalue weighted by Crippen LogP contribution is -2.66. The molecular formula is C15H17NO3. The zero-order valence-corrected chi connectivity index (χ0v) is 11.0. The molecule has 0 saturated carbocycles. The first kappa shape index (κ1) is 12.5. The number of ether oxygens (including phenoxy) is 3. The largest absolute Gasteiger partial charge is 0.494 e. The average Bonchev–Trinajstić information content (AvgIpc) is 2.33. The molecule has 0 spiro atoms. The molecule has 2 fully saturated rings. The molecule has 4 nitrogen and oxygen atoms in total. The molecule has 0 aromatic heterocycles. The number of hydrogen-bond donors (Lipinski definition) is 0. The molecule has 0 unspecified atom stereocenters. The van der Waals surface area contributed by atoms with Gasteiger partial charge in [0.25, 0.3) is 0 Å². The van der Waals surface area contributed by atoms with E-state index in [1.807, 2.05) is 31.2 Å². The third-order valence-electron chi connectivity index (χ3n) is 4.24. The van der Waals surface area contributed by atoms with Gasteiger partial charge in [0.05, 0.1) is 44.5 Å². The molecule has 2 heterocycles. The van der Waals surface area contributed by atoms with Crippen molar-refractivity contribution >= 4 is 0 Å². The Labute approximate surface area is 112 Å². The Morgan fingerprint density at radius 2 is 1.79 bits per heavy atom. The summed E-state index contributed by atoms with van der Waals surface area (Å²) in [7, 11) is 0. The van der Waals surface area contributed by atoms with Crippen LogP contribution in [0.15, 0.2) is 24.3 Å². The molecule has 4 heteroatoms. The fraction of sp³-hybridized carbons (Fsp3) is 0.533. The summed E-state index contributed by atoms with van der Waals surface area (Å²) in [6.45, 7) is 4.81. The molecule has 2 saturated heterocycles. The van der Waals surface area contributed by atoms with E-state index in [4.69, 9.17) is 14.2 Å². The van der Waals surface area contributed by atoms with Crippen molar-refractivity contribution in [2.75, 3.05) is 33.0 Å². The van der Waals surface area contributed by atoms with E-state index in [-0.39, 0.29) is 5.41 Å². The van der Waals surface area contributed by atoms with Crippen LogP contribution < -0.4 is 4.74 Å². The molecule has 19 heavy (non-hydrogen) atoms. The molecule has 0 atom stereocenters. The van der Waals surface area contributed by atoms with E-state index in [0.29, 0.717) is 33.0 Å². The van der Waals surface area contributed by atoms with Gasteiger partial charge in [0.1, 0.15) is 11.2 Å². The second kappa shape index (κ2) is 4.52. The SMILES string of the molecule is CCOc1ccc(C2(C3(C#N)COC3)COC2)cc1.